The van der Waals surface area contributed by atoms with E-state index < -0.39 is 5.91 Å². The lowest BCUT2D eigenvalue weighted by Gasteiger charge is -2.15. The van der Waals surface area contributed by atoms with Crippen LogP contribution in [-0.2, 0) is 12.8 Å². The molecule has 2 aromatic rings. The molecule has 0 radical (unpaired) electrons. The van der Waals surface area contributed by atoms with Gasteiger partial charge in [-0.1, -0.05) is 0 Å². The van der Waals surface area contributed by atoms with Gasteiger partial charge in [-0.15, -0.1) is 0 Å². The van der Waals surface area contributed by atoms with Gasteiger partial charge in [0.15, 0.2) is 0 Å². The van der Waals surface area contributed by atoms with Crippen molar-refractivity contribution >= 4 is 17.5 Å². The minimum atomic E-state index is -0.470. The molecule has 4 N–H and O–H groups in total. The number of hydrogen-bond acceptors (Lipinski definition) is 4. The van der Waals surface area contributed by atoms with Gasteiger partial charge in [0.25, 0.3) is 5.56 Å². The zero-order chi connectivity index (χ0) is 14.8. The standard InChI is InChI=1S/C15H16N4O2/c16-13(20)9-5-7-10(8-6-9)17-15-18-12-4-2-1-3-11(12)14(21)19-15/h5-8H,1-4H2,(H2,16,20)(H2,17,18,19,21). The van der Waals surface area contributed by atoms with Crippen molar-refractivity contribution in [2.75, 3.05) is 5.32 Å². The summed E-state index contributed by atoms with van der Waals surface area (Å²) >= 11 is 0. The van der Waals surface area contributed by atoms with Crippen LogP contribution in [0.5, 0.6) is 0 Å². The van der Waals surface area contributed by atoms with Gasteiger partial charge >= 0.3 is 0 Å². The molecular weight excluding hydrogens is 268 g/mol. The second-order valence-corrected chi connectivity index (χ2v) is 5.11. The first kappa shape index (κ1) is 13.4. The molecule has 1 amide bonds. The van der Waals surface area contributed by atoms with Gasteiger partial charge in [0.1, 0.15) is 0 Å². The van der Waals surface area contributed by atoms with Crippen molar-refractivity contribution in [3.63, 3.8) is 0 Å². The van der Waals surface area contributed by atoms with Crippen LogP contribution in [0.3, 0.4) is 0 Å². The molecule has 6 nitrogen and oxygen atoms in total. The molecule has 0 bridgehead atoms. The number of fused-ring (bicyclic) bond motifs is 1. The minimum absolute atomic E-state index is 0.0732. The predicted octanol–water partition coefficient (Wildman–Crippen LogP) is 1.49. The van der Waals surface area contributed by atoms with Gasteiger partial charge in [-0.3, -0.25) is 14.6 Å². The zero-order valence-electron chi connectivity index (χ0n) is 11.5. The van der Waals surface area contributed by atoms with Gasteiger partial charge in [0.2, 0.25) is 11.9 Å². The summed E-state index contributed by atoms with van der Waals surface area (Å²) < 4.78 is 0. The van der Waals surface area contributed by atoms with Crippen molar-refractivity contribution in [3.8, 4) is 0 Å². The Morgan fingerprint density at radius 2 is 1.90 bits per heavy atom. The molecule has 1 aromatic heterocycles. The molecule has 0 spiro atoms. The smallest absolute Gasteiger partial charge is 0.255 e. The first-order valence-corrected chi connectivity index (χ1v) is 6.92. The highest BCUT2D eigenvalue weighted by Gasteiger charge is 2.15. The lowest BCUT2D eigenvalue weighted by Crippen LogP contribution is -2.22. The molecule has 21 heavy (non-hydrogen) atoms. The summed E-state index contributed by atoms with van der Waals surface area (Å²) in [5.74, 6) is -0.0469. The topological polar surface area (TPSA) is 101 Å². The number of nitrogens with one attached hydrogen (secondary N) is 2. The Morgan fingerprint density at radius 3 is 2.62 bits per heavy atom. The van der Waals surface area contributed by atoms with Gasteiger partial charge in [-0.2, -0.15) is 0 Å². The zero-order valence-corrected chi connectivity index (χ0v) is 11.5. The molecule has 0 unspecified atom stereocenters. The summed E-state index contributed by atoms with van der Waals surface area (Å²) in [5, 5.41) is 3.04. The second-order valence-electron chi connectivity index (χ2n) is 5.11. The van der Waals surface area contributed by atoms with E-state index in [-0.39, 0.29) is 5.56 Å². The first-order valence-electron chi connectivity index (χ1n) is 6.92. The molecule has 6 heteroatoms. The van der Waals surface area contributed by atoms with Crippen LogP contribution >= 0.6 is 0 Å². The summed E-state index contributed by atoms with van der Waals surface area (Å²) in [6.45, 7) is 0. The molecule has 1 aliphatic rings. The van der Waals surface area contributed by atoms with Crippen LogP contribution in [0.2, 0.25) is 0 Å². The van der Waals surface area contributed by atoms with Gasteiger partial charge in [-0.25, -0.2) is 4.98 Å². The van der Waals surface area contributed by atoms with Crippen LogP contribution in [0.1, 0.15) is 34.5 Å². The Labute approximate surface area is 121 Å². The van der Waals surface area contributed by atoms with Crippen molar-refractivity contribution in [3.05, 3.63) is 51.4 Å². The number of nitrogens with zero attached hydrogens (tertiary/aromatic N) is 1. The van der Waals surface area contributed by atoms with E-state index in [0.717, 1.165) is 42.6 Å². The largest absolute Gasteiger partial charge is 0.366 e. The number of aromatic amines is 1. The van der Waals surface area contributed by atoms with E-state index in [1.54, 1.807) is 24.3 Å². The number of hydrogen-bond donors (Lipinski definition) is 3. The number of benzene rings is 1. The van der Waals surface area contributed by atoms with Crippen molar-refractivity contribution in [1.29, 1.82) is 0 Å². The Hall–Kier alpha value is -2.63. The fourth-order valence-corrected chi connectivity index (χ4v) is 2.52. The maximum Gasteiger partial charge on any atom is 0.255 e. The number of H-pyrrole nitrogens is 1. The van der Waals surface area contributed by atoms with Gasteiger partial charge < -0.3 is 11.1 Å². The quantitative estimate of drug-likeness (QED) is 0.794. The number of anilines is 2. The van der Waals surface area contributed by atoms with Gasteiger partial charge in [0.05, 0.1) is 5.69 Å². The molecule has 3 rings (SSSR count). The van der Waals surface area contributed by atoms with Crippen LogP contribution in [0.15, 0.2) is 29.1 Å². The molecule has 0 aliphatic heterocycles. The number of aromatic nitrogens is 2. The molecule has 1 aromatic carbocycles. The number of primary amides is 1. The third-order valence-corrected chi connectivity index (χ3v) is 3.62. The lowest BCUT2D eigenvalue weighted by molar-refractivity contribution is 0.100. The second kappa shape index (κ2) is 5.40. The van der Waals surface area contributed by atoms with E-state index in [0.29, 0.717) is 11.5 Å². The summed E-state index contributed by atoms with van der Waals surface area (Å²) in [6, 6.07) is 6.70. The summed E-state index contributed by atoms with van der Waals surface area (Å²) in [5.41, 5.74) is 7.97. The third kappa shape index (κ3) is 2.79. The van der Waals surface area contributed by atoms with Crippen LogP contribution in [0.4, 0.5) is 11.6 Å². The summed E-state index contributed by atoms with van der Waals surface area (Å²) in [7, 11) is 0. The highest BCUT2D eigenvalue weighted by molar-refractivity contribution is 5.93. The highest BCUT2D eigenvalue weighted by atomic mass is 16.1. The molecule has 0 fully saturated rings. The van der Waals surface area contributed by atoms with Crippen molar-refractivity contribution in [1.82, 2.24) is 9.97 Å². The summed E-state index contributed by atoms with van der Waals surface area (Å²) in [4.78, 5) is 30.3. The normalized spacial score (nSPS) is 13.5. The Balaban J connectivity index is 1.86. The van der Waals surface area contributed by atoms with Crippen molar-refractivity contribution in [2.24, 2.45) is 5.73 Å². The first-order chi connectivity index (χ1) is 10.1. The predicted molar refractivity (Wildman–Crippen MR) is 79.7 cm³/mol. The highest BCUT2D eigenvalue weighted by Crippen LogP contribution is 2.18. The average molecular weight is 284 g/mol. The Morgan fingerprint density at radius 1 is 1.19 bits per heavy atom. The molecule has 1 aliphatic carbocycles. The number of carbonyl (C=O) groups is 1. The Bertz CT molecular complexity index is 734. The maximum absolute atomic E-state index is 12.0. The lowest BCUT2D eigenvalue weighted by atomic mass is 9.97. The van der Waals surface area contributed by atoms with Gasteiger partial charge in [-0.05, 0) is 49.9 Å². The fraction of sp³-hybridized carbons (Fsp3) is 0.267. The molecule has 0 atom stereocenters. The molecular formula is C15H16N4O2. The van der Waals surface area contributed by atoms with Crippen molar-refractivity contribution < 1.29 is 4.79 Å². The fourth-order valence-electron chi connectivity index (χ4n) is 2.52. The maximum atomic E-state index is 12.0. The van der Waals surface area contributed by atoms with E-state index in [9.17, 15) is 9.59 Å². The monoisotopic (exact) mass is 284 g/mol. The number of carbonyl (C=O) groups excluding carboxylic acids is 1. The van der Waals surface area contributed by atoms with Crippen LogP contribution in [0.25, 0.3) is 0 Å². The SMILES string of the molecule is NC(=O)c1ccc(Nc2nc3c(c(=O)[nH]2)CCCC3)cc1. The van der Waals surface area contributed by atoms with E-state index >= 15 is 0 Å². The molecule has 0 saturated heterocycles. The van der Waals surface area contributed by atoms with Crippen molar-refractivity contribution in [2.45, 2.75) is 25.7 Å². The summed E-state index contributed by atoms with van der Waals surface area (Å²) in [6.07, 6.45) is 3.75. The van der Waals surface area contributed by atoms with E-state index in [1.807, 2.05) is 0 Å². The molecule has 1 heterocycles. The minimum Gasteiger partial charge on any atom is -0.366 e. The Kier molecular flexibility index (Phi) is 3.43. The van der Waals surface area contributed by atoms with Crippen LogP contribution < -0.4 is 16.6 Å². The molecule has 108 valence electrons. The van der Waals surface area contributed by atoms with E-state index in [2.05, 4.69) is 15.3 Å². The number of amides is 1. The number of rotatable bonds is 3. The third-order valence-electron chi connectivity index (χ3n) is 3.62. The van der Waals surface area contributed by atoms with E-state index in [1.165, 1.54) is 0 Å². The van der Waals surface area contributed by atoms with E-state index in [4.69, 9.17) is 5.73 Å². The van der Waals surface area contributed by atoms with Crippen LogP contribution in [-0.4, -0.2) is 15.9 Å². The molecule has 0 saturated carbocycles. The number of aryl methyl sites for hydroxylation is 1. The van der Waals surface area contributed by atoms with Gasteiger partial charge in [0, 0.05) is 16.8 Å². The average Bonchev–Trinajstić information content (AvgIpc) is 2.48. The van der Waals surface area contributed by atoms with Crippen LogP contribution in [0, 0.1) is 0 Å². The number of nitrogens with two attached hydrogens (primary N) is 1.